The summed E-state index contributed by atoms with van der Waals surface area (Å²) in [6.45, 7) is 0. The summed E-state index contributed by atoms with van der Waals surface area (Å²) < 4.78 is 41.9. The van der Waals surface area contributed by atoms with Crippen molar-refractivity contribution in [1.29, 1.82) is 0 Å². The Morgan fingerprint density at radius 3 is 2.73 bits per heavy atom. The number of aliphatic hydroxyl groups is 1. The Morgan fingerprint density at radius 2 is 2.14 bits per heavy atom. The molecule has 9 heteroatoms. The molecule has 118 valence electrons. The van der Waals surface area contributed by atoms with Crippen LogP contribution in [0.5, 0.6) is 0 Å². The van der Waals surface area contributed by atoms with Crippen LogP contribution in [0, 0.1) is 0 Å². The first-order valence-corrected chi connectivity index (χ1v) is 6.67. The maximum Gasteiger partial charge on any atom is 0.471 e. The van der Waals surface area contributed by atoms with Gasteiger partial charge in [0.15, 0.2) is 0 Å². The van der Waals surface area contributed by atoms with Crippen molar-refractivity contribution < 1.29 is 22.8 Å². The number of aliphatic hydroxyl groups excluding tert-OH is 1. The Bertz CT molecular complexity index is 738. The predicted octanol–water partition coefficient (Wildman–Crippen LogP) is 2.07. The number of aromatic nitrogens is 3. The van der Waals surface area contributed by atoms with E-state index in [1.165, 1.54) is 12.3 Å². The molecule has 2 aromatic rings. The second-order valence-electron chi connectivity index (χ2n) is 5.22. The van der Waals surface area contributed by atoms with Crippen molar-refractivity contribution in [3.63, 3.8) is 0 Å². The van der Waals surface area contributed by atoms with Gasteiger partial charge in [-0.2, -0.15) is 18.2 Å². The van der Waals surface area contributed by atoms with E-state index in [1.54, 1.807) is 0 Å². The molecule has 1 aliphatic carbocycles. The summed E-state index contributed by atoms with van der Waals surface area (Å²) in [4.78, 5) is 17.9. The Balaban J connectivity index is 2.06. The van der Waals surface area contributed by atoms with E-state index in [1.807, 2.05) is 0 Å². The van der Waals surface area contributed by atoms with Crippen molar-refractivity contribution in [2.45, 2.75) is 37.5 Å². The summed E-state index contributed by atoms with van der Waals surface area (Å²) in [6, 6.07) is 1.44. The van der Waals surface area contributed by atoms with E-state index in [0.29, 0.717) is 19.3 Å². The Hall–Kier alpha value is -2.16. The molecule has 6 nitrogen and oxygen atoms in total. The number of halogens is 3. The zero-order valence-corrected chi connectivity index (χ0v) is 11.2. The van der Waals surface area contributed by atoms with E-state index in [2.05, 4.69) is 19.6 Å². The Kier molecular flexibility index (Phi) is 3.51. The third-order valence-corrected chi connectivity index (χ3v) is 3.72. The van der Waals surface area contributed by atoms with E-state index in [9.17, 15) is 23.1 Å². The smallest absolute Gasteiger partial charge is 0.393 e. The highest BCUT2D eigenvalue weighted by Crippen LogP contribution is 2.37. The Labute approximate surface area is 122 Å². The number of aromatic amines is 1. The lowest BCUT2D eigenvalue weighted by molar-refractivity contribution is -0.159. The molecule has 2 heterocycles. The van der Waals surface area contributed by atoms with Gasteiger partial charge in [0, 0.05) is 17.3 Å². The lowest BCUT2D eigenvalue weighted by Gasteiger charge is -2.11. The molecule has 0 saturated heterocycles. The molecule has 1 saturated carbocycles. The maximum absolute atomic E-state index is 12.6. The topological polar surface area (TPSA) is 92.0 Å². The zero-order chi connectivity index (χ0) is 15.9. The normalized spacial score (nSPS) is 22.2. The fourth-order valence-electron chi connectivity index (χ4n) is 2.76. The van der Waals surface area contributed by atoms with Gasteiger partial charge in [0.25, 0.3) is 5.56 Å². The van der Waals surface area contributed by atoms with Gasteiger partial charge in [0.05, 0.1) is 6.10 Å². The summed E-state index contributed by atoms with van der Waals surface area (Å²) in [7, 11) is 0. The quantitative estimate of drug-likeness (QED) is 0.885. The van der Waals surface area contributed by atoms with Gasteiger partial charge in [-0.05, 0) is 31.2 Å². The minimum atomic E-state index is -4.74. The lowest BCUT2D eigenvalue weighted by atomic mass is 9.94. The first kappa shape index (κ1) is 14.8. The highest BCUT2D eigenvalue weighted by atomic mass is 19.4. The van der Waals surface area contributed by atoms with Crippen LogP contribution in [0.25, 0.3) is 11.4 Å². The van der Waals surface area contributed by atoms with Crippen molar-refractivity contribution in [3.05, 3.63) is 34.1 Å². The van der Waals surface area contributed by atoms with Gasteiger partial charge >= 0.3 is 12.1 Å². The van der Waals surface area contributed by atoms with Crippen LogP contribution >= 0.6 is 0 Å². The average molecular weight is 315 g/mol. The number of hydrogen-bond donors (Lipinski definition) is 2. The molecule has 2 N–H and O–H groups in total. The minimum absolute atomic E-state index is 0.196. The average Bonchev–Trinajstić information content (AvgIpc) is 3.06. The third kappa shape index (κ3) is 2.63. The number of nitrogens with zero attached hydrogens (tertiary/aromatic N) is 2. The van der Waals surface area contributed by atoms with Crippen LogP contribution in [0.3, 0.4) is 0 Å². The van der Waals surface area contributed by atoms with Gasteiger partial charge in [0.2, 0.25) is 5.82 Å². The molecule has 0 bridgehead atoms. The number of nitrogens with one attached hydrogen (secondary N) is 1. The summed E-state index contributed by atoms with van der Waals surface area (Å²) in [6.07, 6.45) is -2.45. The second kappa shape index (κ2) is 5.24. The van der Waals surface area contributed by atoms with Crippen LogP contribution < -0.4 is 5.56 Å². The van der Waals surface area contributed by atoms with Crippen molar-refractivity contribution in [2.75, 3.05) is 0 Å². The highest BCUT2D eigenvalue weighted by molar-refractivity contribution is 5.60. The second-order valence-corrected chi connectivity index (χ2v) is 5.22. The van der Waals surface area contributed by atoms with Crippen LogP contribution in [0.2, 0.25) is 0 Å². The minimum Gasteiger partial charge on any atom is -0.393 e. The predicted molar refractivity (Wildman–Crippen MR) is 68.0 cm³/mol. The SMILES string of the molecule is O=c1[nH]ccc(-c2noc(C(F)(F)F)n2)c1C1CCC(O)C1. The number of pyridine rings is 1. The van der Waals surface area contributed by atoms with Gasteiger partial charge in [-0.3, -0.25) is 4.79 Å². The Morgan fingerprint density at radius 1 is 1.36 bits per heavy atom. The van der Waals surface area contributed by atoms with Gasteiger partial charge < -0.3 is 14.6 Å². The molecule has 2 unspecified atom stereocenters. The van der Waals surface area contributed by atoms with Crippen molar-refractivity contribution in [1.82, 2.24) is 15.1 Å². The van der Waals surface area contributed by atoms with E-state index in [-0.39, 0.29) is 22.9 Å². The molecule has 0 aromatic carbocycles. The van der Waals surface area contributed by atoms with Gasteiger partial charge in [-0.25, -0.2) is 0 Å². The van der Waals surface area contributed by atoms with Gasteiger partial charge in [0.1, 0.15) is 0 Å². The van der Waals surface area contributed by atoms with E-state index < -0.39 is 23.7 Å². The molecule has 3 rings (SSSR count). The molecule has 0 aliphatic heterocycles. The highest BCUT2D eigenvalue weighted by Gasteiger charge is 2.39. The maximum atomic E-state index is 12.6. The van der Waals surface area contributed by atoms with E-state index in [0.717, 1.165) is 0 Å². The molecule has 22 heavy (non-hydrogen) atoms. The molecular formula is C13H12F3N3O3. The van der Waals surface area contributed by atoms with Crippen molar-refractivity contribution in [2.24, 2.45) is 0 Å². The zero-order valence-electron chi connectivity index (χ0n) is 11.2. The third-order valence-electron chi connectivity index (χ3n) is 3.72. The molecule has 0 amide bonds. The molecule has 0 radical (unpaired) electrons. The number of rotatable bonds is 2. The van der Waals surface area contributed by atoms with Crippen LogP contribution in [0.1, 0.15) is 36.6 Å². The number of H-pyrrole nitrogens is 1. The molecule has 2 atom stereocenters. The summed E-state index contributed by atoms with van der Waals surface area (Å²) >= 11 is 0. The monoisotopic (exact) mass is 315 g/mol. The molecule has 1 fully saturated rings. The van der Waals surface area contributed by atoms with E-state index >= 15 is 0 Å². The van der Waals surface area contributed by atoms with Gasteiger partial charge in [-0.15, -0.1) is 0 Å². The van der Waals surface area contributed by atoms with E-state index in [4.69, 9.17) is 0 Å². The van der Waals surface area contributed by atoms with Crippen LogP contribution in [-0.4, -0.2) is 26.3 Å². The number of alkyl halides is 3. The largest absolute Gasteiger partial charge is 0.471 e. The van der Waals surface area contributed by atoms with Crippen molar-refractivity contribution in [3.8, 4) is 11.4 Å². The van der Waals surface area contributed by atoms with Crippen LogP contribution in [0.4, 0.5) is 13.2 Å². The number of hydrogen-bond acceptors (Lipinski definition) is 5. The fourth-order valence-corrected chi connectivity index (χ4v) is 2.76. The summed E-state index contributed by atoms with van der Waals surface area (Å²) in [5, 5.41) is 12.9. The molecule has 0 spiro atoms. The van der Waals surface area contributed by atoms with Crippen LogP contribution in [0.15, 0.2) is 21.6 Å². The lowest BCUT2D eigenvalue weighted by Crippen LogP contribution is -2.17. The summed E-state index contributed by atoms with van der Waals surface area (Å²) in [5.74, 6) is -1.99. The first-order valence-electron chi connectivity index (χ1n) is 6.67. The first-order chi connectivity index (χ1) is 10.4. The molecule has 2 aromatic heterocycles. The van der Waals surface area contributed by atoms with Crippen molar-refractivity contribution >= 4 is 0 Å². The van der Waals surface area contributed by atoms with Gasteiger partial charge in [-0.1, -0.05) is 5.16 Å². The molecular weight excluding hydrogens is 303 g/mol. The molecule has 1 aliphatic rings. The fraction of sp³-hybridized carbons (Fsp3) is 0.462. The van der Waals surface area contributed by atoms with Crippen LogP contribution in [-0.2, 0) is 6.18 Å². The summed E-state index contributed by atoms with van der Waals surface area (Å²) in [5.41, 5.74) is 0.0608. The standard InChI is InChI=1S/C13H12F3N3O3/c14-13(15,16)12-18-10(19-22-12)8-3-4-17-11(21)9(8)6-1-2-7(20)5-6/h3-4,6-7,20H,1-2,5H2,(H,17,21).